The fourth-order valence-electron chi connectivity index (χ4n) is 1.84. The van der Waals surface area contributed by atoms with Gasteiger partial charge in [0.05, 0.1) is 12.2 Å². The summed E-state index contributed by atoms with van der Waals surface area (Å²) in [7, 11) is 0. The Labute approximate surface area is 124 Å². The largest absolute Gasteiger partial charge is 0.320 e. The molecular formula is C13H15Br2N3. The van der Waals surface area contributed by atoms with Crippen LogP contribution in [0.3, 0.4) is 0 Å². The standard InChI is InChI=1S/C13H15Br2N3/c1-2-3-18-8-10(7-17-18)13(16)9-4-11(14)6-12(15)5-9/h4-8,13H,2-3,16H2,1H3. The van der Waals surface area contributed by atoms with Gasteiger partial charge in [0.15, 0.2) is 0 Å². The van der Waals surface area contributed by atoms with E-state index < -0.39 is 0 Å². The summed E-state index contributed by atoms with van der Waals surface area (Å²) in [4.78, 5) is 0. The van der Waals surface area contributed by atoms with Crippen molar-refractivity contribution in [3.05, 3.63) is 50.7 Å². The summed E-state index contributed by atoms with van der Waals surface area (Å²) >= 11 is 6.96. The van der Waals surface area contributed by atoms with Crippen molar-refractivity contribution < 1.29 is 0 Å². The molecule has 0 radical (unpaired) electrons. The highest BCUT2D eigenvalue weighted by Gasteiger charge is 2.12. The van der Waals surface area contributed by atoms with Crippen molar-refractivity contribution in [3.8, 4) is 0 Å². The van der Waals surface area contributed by atoms with E-state index in [1.165, 1.54) is 0 Å². The highest BCUT2D eigenvalue weighted by Crippen LogP contribution is 2.26. The Bertz CT molecular complexity index is 517. The second-order valence-electron chi connectivity index (χ2n) is 4.22. The first kappa shape index (κ1) is 13.8. The predicted octanol–water partition coefficient (Wildman–Crippen LogP) is 3.87. The van der Waals surface area contributed by atoms with Crippen molar-refractivity contribution in [2.24, 2.45) is 5.73 Å². The molecule has 0 amide bonds. The number of aryl methyl sites for hydroxylation is 1. The maximum atomic E-state index is 6.27. The number of aromatic nitrogens is 2. The lowest BCUT2D eigenvalue weighted by Crippen LogP contribution is -2.11. The number of rotatable bonds is 4. The van der Waals surface area contributed by atoms with Gasteiger partial charge in [-0.3, -0.25) is 4.68 Å². The molecule has 5 heteroatoms. The van der Waals surface area contributed by atoms with Gasteiger partial charge in [0, 0.05) is 27.3 Å². The van der Waals surface area contributed by atoms with Crippen molar-refractivity contribution in [1.82, 2.24) is 9.78 Å². The Morgan fingerprint density at radius 3 is 2.50 bits per heavy atom. The van der Waals surface area contributed by atoms with Crippen molar-refractivity contribution >= 4 is 31.9 Å². The highest BCUT2D eigenvalue weighted by atomic mass is 79.9. The summed E-state index contributed by atoms with van der Waals surface area (Å²) in [6.07, 6.45) is 4.93. The average molecular weight is 373 g/mol. The third kappa shape index (κ3) is 3.22. The van der Waals surface area contributed by atoms with Crippen LogP contribution >= 0.6 is 31.9 Å². The van der Waals surface area contributed by atoms with Crippen molar-refractivity contribution in [1.29, 1.82) is 0 Å². The zero-order chi connectivity index (χ0) is 13.1. The van der Waals surface area contributed by atoms with E-state index in [2.05, 4.69) is 43.9 Å². The summed E-state index contributed by atoms with van der Waals surface area (Å²) in [6, 6.07) is 5.92. The van der Waals surface area contributed by atoms with Gasteiger partial charge in [-0.05, 0) is 30.2 Å². The van der Waals surface area contributed by atoms with Gasteiger partial charge in [-0.2, -0.15) is 5.10 Å². The topological polar surface area (TPSA) is 43.8 Å². The van der Waals surface area contributed by atoms with Gasteiger partial charge in [-0.15, -0.1) is 0 Å². The Morgan fingerprint density at radius 2 is 1.89 bits per heavy atom. The molecule has 1 heterocycles. The van der Waals surface area contributed by atoms with Gasteiger partial charge in [-0.25, -0.2) is 0 Å². The number of nitrogens with two attached hydrogens (primary N) is 1. The highest BCUT2D eigenvalue weighted by molar-refractivity contribution is 9.11. The van der Waals surface area contributed by atoms with Crippen LogP contribution in [-0.2, 0) is 6.54 Å². The molecule has 2 rings (SSSR count). The van der Waals surface area contributed by atoms with E-state index in [-0.39, 0.29) is 6.04 Å². The lowest BCUT2D eigenvalue weighted by molar-refractivity contribution is 0.602. The number of hydrogen-bond donors (Lipinski definition) is 1. The summed E-state index contributed by atoms with van der Waals surface area (Å²) in [5.41, 5.74) is 8.37. The van der Waals surface area contributed by atoms with Crippen molar-refractivity contribution in [2.45, 2.75) is 25.9 Å². The van der Waals surface area contributed by atoms with Crippen LogP contribution in [-0.4, -0.2) is 9.78 Å². The van der Waals surface area contributed by atoms with E-state index >= 15 is 0 Å². The average Bonchev–Trinajstić information content (AvgIpc) is 2.76. The minimum absolute atomic E-state index is 0.149. The van der Waals surface area contributed by atoms with E-state index in [0.29, 0.717) is 0 Å². The maximum Gasteiger partial charge on any atom is 0.0583 e. The molecule has 2 aromatic rings. The molecular weight excluding hydrogens is 358 g/mol. The summed E-state index contributed by atoms with van der Waals surface area (Å²) in [5.74, 6) is 0. The van der Waals surface area contributed by atoms with E-state index in [9.17, 15) is 0 Å². The number of hydrogen-bond acceptors (Lipinski definition) is 2. The van der Waals surface area contributed by atoms with Crippen molar-refractivity contribution in [3.63, 3.8) is 0 Å². The Morgan fingerprint density at radius 1 is 1.22 bits per heavy atom. The predicted molar refractivity (Wildman–Crippen MR) is 80.4 cm³/mol. The lowest BCUT2D eigenvalue weighted by atomic mass is 10.0. The molecule has 0 spiro atoms. The molecule has 0 saturated carbocycles. The van der Waals surface area contributed by atoms with Gasteiger partial charge < -0.3 is 5.73 Å². The Hall–Kier alpha value is -0.650. The number of halogens is 2. The van der Waals surface area contributed by atoms with Gasteiger partial charge in [-0.1, -0.05) is 38.8 Å². The van der Waals surface area contributed by atoms with E-state index in [4.69, 9.17) is 5.73 Å². The molecule has 0 fully saturated rings. The molecule has 1 unspecified atom stereocenters. The molecule has 0 aliphatic carbocycles. The Kier molecular flexibility index (Phi) is 4.59. The molecule has 0 bridgehead atoms. The summed E-state index contributed by atoms with van der Waals surface area (Å²) in [5, 5.41) is 4.31. The molecule has 1 aromatic carbocycles. The minimum Gasteiger partial charge on any atom is -0.320 e. The van der Waals surface area contributed by atoms with Gasteiger partial charge in [0.25, 0.3) is 0 Å². The molecule has 2 N–H and O–H groups in total. The molecule has 0 aliphatic heterocycles. The van der Waals surface area contributed by atoms with Crippen LogP contribution in [0, 0.1) is 0 Å². The maximum absolute atomic E-state index is 6.27. The SMILES string of the molecule is CCCn1cc(C(N)c2cc(Br)cc(Br)c2)cn1. The molecule has 1 atom stereocenters. The first-order valence-corrected chi connectivity index (χ1v) is 7.42. The van der Waals surface area contributed by atoms with Gasteiger partial charge in [0.1, 0.15) is 0 Å². The zero-order valence-electron chi connectivity index (χ0n) is 10.1. The molecule has 3 nitrogen and oxygen atoms in total. The first-order chi connectivity index (χ1) is 8.60. The third-order valence-corrected chi connectivity index (χ3v) is 3.62. The van der Waals surface area contributed by atoms with Crippen LogP contribution in [0.1, 0.15) is 30.5 Å². The summed E-state index contributed by atoms with van der Waals surface area (Å²) in [6.45, 7) is 3.06. The normalized spacial score (nSPS) is 12.7. The van der Waals surface area contributed by atoms with Crippen LogP contribution in [0.5, 0.6) is 0 Å². The quantitative estimate of drug-likeness (QED) is 0.885. The Balaban J connectivity index is 2.26. The monoisotopic (exact) mass is 371 g/mol. The van der Waals surface area contributed by atoms with E-state index in [1.54, 1.807) is 0 Å². The van der Waals surface area contributed by atoms with E-state index in [1.807, 2.05) is 35.3 Å². The van der Waals surface area contributed by atoms with Crippen LogP contribution in [0.2, 0.25) is 0 Å². The number of benzene rings is 1. The smallest absolute Gasteiger partial charge is 0.0583 e. The number of nitrogens with zero attached hydrogens (tertiary/aromatic N) is 2. The second-order valence-corrected chi connectivity index (χ2v) is 6.05. The fourth-order valence-corrected chi connectivity index (χ4v) is 3.17. The van der Waals surface area contributed by atoms with Crippen LogP contribution in [0.4, 0.5) is 0 Å². The molecule has 18 heavy (non-hydrogen) atoms. The van der Waals surface area contributed by atoms with Crippen molar-refractivity contribution in [2.75, 3.05) is 0 Å². The van der Waals surface area contributed by atoms with Crippen LogP contribution in [0.15, 0.2) is 39.5 Å². The van der Waals surface area contributed by atoms with E-state index in [0.717, 1.165) is 33.0 Å². The van der Waals surface area contributed by atoms with Crippen LogP contribution < -0.4 is 5.73 Å². The van der Waals surface area contributed by atoms with Crippen LogP contribution in [0.25, 0.3) is 0 Å². The second kappa shape index (κ2) is 5.99. The summed E-state index contributed by atoms with van der Waals surface area (Å²) < 4.78 is 3.97. The van der Waals surface area contributed by atoms with Gasteiger partial charge in [0.2, 0.25) is 0 Å². The first-order valence-electron chi connectivity index (χ1n) is 5.84. The fraction of sp³-hybridized carbons (Fsp3) is 0.308. The lowest BCUT2D eigenvalue weighted by Gasteiger charge is -2.11. The van der Waals surface area contributed by atoms with Gasteiger partial charge >= 0.3 is 0 Å². The minimum atomic E-state index is -0.149. The zero-order valence-corrected chi connectivity index (χ0v) is 13.3. The molecule has 1 aromatic heterocycles. The molecule has 96 valence electrons. The third-order valence-electron chi connectivity index (χ3n) is 2.71. The molecule has 0 saturated heterocycles. The molecule has 0 aliphatic rings.